The van der Waals surface area contributed by atoms with E-state index < -0.39 is 0 Å². The van der Waals surface area contributed by atoms with Gasteiger partial charge in [0.05, 0.1) is 17.4 Å². The van der Waals surface area contributed by atoms with Crippen molar-refractivity contribution in [1.82, 2.24) is 20.2 Å². The number of nitrogens with zero attached hydrogens (tertiary/aromatic N) is 3. The second kappa shape index (κ2) is 9.89. The number of aryl methyl sites for hydroxylation is 1. The number of benzene rings is 1. The highest BCUT2D eigenvalue weighted by atomic mass is 32.1. The molecule has 0 aliphatic carbocycles. The van der Waals surface area contributed by atoms with Crippen LogP contribution in [0.15, 0.2) is 24.3 Å². The number of carbonyl (C=O) groups is 1. The first-order valence-corrected chi connectivity index (χ1v) is 11.4. The van der Waals surface area contributed by atoms with Crippen LogP contribution in [0.5, 0.6) is 5.88 Å². The number of halogens is 1. The Morgan fingerprint density at radius 1 is 1.22 bits per heavy atom. The highest BCUT2D eigenvalue weighted by Gasteiger charge is 2.25. The van der Waals surface area contributed by atoms with Crippen LogP contribution in [0.4, 0.5) is 4.39 Å². The molecule has 1 N–H and O–H groups in total. The molecule has 32 heavy (non-hydrogen) atoms. The number of methoxy groups -OCH3 is 2. The van der Waals surface area contributed by atoms with Crippen molar-refractivity contribution in [2.45, 2.75) is 39.0 Å². The van der Waals surface area contributed by atoms with Crippen LogP contribution < -0.4 is 10.1 Å². The average molecular weight is 459 g/mol. The molecule has 1 amide bonds. The van der Waals surface area contributed by atoms with Crippen LogP contribution in [0.2, 0.25) is 0 Å². The molecule has 4 rings (SSSR count). The summed E-state index contributed by atoms with van der Waals surface area (Å²) in [5.41, 5.74) is 1.93. The lowest BCUT2D eigenvalue weighted by Crippen LogP contribution is -2.44. The zero-order chi connectivity index (χ0) is 22.7. The van der Waals surface area contributed by atoms with Crippen molar-refractivity contribution in [2.24, 2.45) is 0 Å². The molecular formula is C23H27FN4O3S. The Kier molecular flexibility index (Phi) is 6.98. The molecule has 0 spiro atoms. The SMILES string of the molecule is COCc1nc(OC)c2c(C)c(C(=O)NC3CCN(Cc4ccc(F)cc4)CC3)sc2n1. The Labute approximate surface area is 190 Å². The van der Waals surface area contributed by atoms with Gasteiger partial charge in [-0.25, -0.2) is 9.37 Å². The number of hydrogen-bond donors (Lipinski definition) is 1. The molecule has 0 bridgehead atoms. The molecule has 7 nitrogen and oxygen atoms in total. The summed E-state index contributed by atoms with van der Waals surface area (Å²) in [7, 11) is 3.15. The number of amides is 1. The van der Waals surface area contributed by atoms with Crippen LogP contribution >= 0.6 is 11.3 Å². The number of likely N-dealkylation sites (tertiary alicyclic amines) is 1. The molecule has 170 valence electrons. The number of rotatable bonds is 7. The normalized spacial score (nSPS) is 15.2. The fourth-order valence-electron chi connectivity index (χ4n) is 4.04. The third-order valence-corrected chi connectivity index (χ3v) is 6.90. The molecule has 9 heteroatoms. The molecule has 3 aromatic rings. The van der Waals surface area contributed by atoms with Gasteiger partial charge in [-0.05, 0) is 43.0 Å². The van der Waals surface area contributed by atoms with E-state index in [9.17, 15) is 9.18 Å². The van der Waals surface area contributed by atoms with Gasteiger partial charge in [0.25, 0.3) is 5.91 Å². The molecule has 3 heterocycles. The minimum atomic E-state index is -0.217. The van der Waals surface area contributed by atoms with Gasteiger partial charge in [-0.2, -0.15) is 4.98 Å². The Balaban J connectivity index is 1.41. The maximum atomic E-state index is 13.1. The molecule has 1 saturated heterocycles. The zero-order valence-corrected chi connectivity index (χ0v) is 19.3. The lowest BCUT2D eigenvalue weighted by molar-refractivity contribution is 0.0912. The van der Waals surface area contributed by atoms with Gasteiger partial charge in [0.2, 0.25) is 5.88 Å². The lowest BCUT2D eigenvalue weighted by Gasteiger charge is -2.32. The van der Waals surface area contributed by atoms with E-state index in [1.165, 1.54) is 23.5 Å². The first kappa shape index (κ1) is 22.6. The maximum Gasteiger partial charge on any atom is 0.261 e. The van der Waals surface area contributed by atoms with Crippen molar-refractivity contribution >= 4 is 27.5 Å². The predicted octanol–water partition coefficient (Wildman–Crippen LogP) is 3.69. The number of fused-ring (bicyclic) bond motifs is 1. The molecule has 1 aliphatic heterocycles. The fraction of sp³-hybridized carbons (Fsp3) is 0.435. The van der Waals surface area contributed by atoms with Gasteiger partial charge in [-0.15, -0.1) is 11.3 Å². The van der Waals surface area contributed by atoms with E-state index in [4.69, 9.17) is 9.47 Å². The van der Waals surface area contributed by atoms with Crippen LogP contribution in [0.25, 0.3) is 10.2 Å². The van der Waals surface area contributed by atoms with E-state index in [0.717, 1.165) is 53.8 Å². The van der Waals surface area contributed by atoms with E-state index in [-0.39, 0.29) is 24.4 Å². The number of hydrogen-bond acceptors (Lipinski definition) is 7. The predicted molar refractivity (Wildman–Crippen MR) is 122 cm³/mol. The molecule has 2 aromatic heterocycles. The van der Waals surface area contributed by atoms with Gasteiger partial charge in [0.1, 0.15) is 17.3 Å². The minimum absolute atomic E-state index is 0.0853. The van der Waals surface area contributed by atoms with Crippen molar-refractivity contribution in [2.75, 3.05) is 27.3 Å². The van der Waals surface area contributed by atoms with Crippen LogP contribution in [-0.4, -0.2) is 54.1 Å². The topological polar surface area (TPSA) is 76.6 Å². The molecule has 1 aliphatic rings. The van der Waals surface area contributed by atoms with Gasteiger partial charge in [0.15, 0.2) is 5.82 Å². The standard InChI is InChI=1S/C23H27FN4O3S/c1-14-19-22(31-3)26-18(13-30-2)27-23(19)32-20(14)21(29)25-17-8-10-28(11-9-17)12-15-4-6-16(24)7-5-15/h4-7,17H,8-13H2,1-3H3,(H,25,29). The number of thiophene rings is 1. The van der Waals surface area contributed by atoms with E-state index in [2.05, 4.69) is 20.2 Å². The van der Waals surface area contributed by atoms with Crippen molar-refractivity contribution in [1.29, 1.82) is 0 Å². The number of piperidine rings is 1. The maximum absolute atomic E-state index is 13.1. The summed E-state index contributed by atoms with van der Waals surface area (Å²) in [6, 6.07) is 6.75. The van der Waals surface area contributed by atoms with Gasteiger partial charge < -0.3 is 14.8 Å². The second-order valence-corrected chi connectivity index (χ2v) is 8.97. The quantitative estimate of drug-likeness (QED) is 0.582. The van der Waals surface area contributed by atoms with Crippen LogP contribution in [0.1, 0.15) is 39.5 Å². The van der Waals surface area contributed by atoms with Gasteiger partial charge in [-0.1, -0.05) is 12.1 Å². The molecule has 1 fully saturated rings. The van der Waals surface area contributed by atoms with E-state index >= 15 is 0 Å². The smallest absolute Gasteiger partial charge is 0.261 e. The number of ether oxygens (including phenoxy) is 2. The Morgan fingerprint density at radius 3 is 2.59 bits per heavy atom. The first-order valence-electron chi connectivity index (χ1n) is 10.6. The fourth-order valence-corrected chi connectivity index (χ4v) is 5.13. The van der Waals surface area contributed by atoms with Crippen molar-refractivity contribution in [3.05, 3.63) is 51.9 Å². The number of carbonyl (C=O) groups excluding carboxylic acids is 1. The number of aromatic nitrogens is 2. The summed E-state index contributed by atoms with van der Waals surface area (Å²) in [6.45, 7) is 4.74. The Hall–Kier alpha value is -2.62. The molecule has 1 aromatic carbocycles. The second-order valence-electron chi connectivity index (χ2n) is 7.97. The third-order valence-electron chi connectivity index (χ3n) is 5.72. The van der Waals surface area contributed by atoms with Crippen molar-refractivity contribution < 1.29 is 18.7 Å². The third kappa shape index (κ3) is 4.90. The monoisotopic (exact) mass is 458 g/mol. The molecule has 0 atom stereocenters. The summed E-state index contributed by atoms with van der Waals surface area (Å²) in [6.07, 6.45) is 1.75. The Bertz CT molecular complexity index is 1090. The summed E-state index contributed by atoms with van der Waals surface area (Å²) in [5, 5.41) is 3.96. The van der Waals surface area contributed by atoms with E-state index in [1.807, 2.05) is 19.1 Å². The molecule has 0 unspecified atom stereocenters. The highest BCUT2D eigenvalue weighted by molar-refractivity contribution is 7.20. The molecule has 0 saturated carbocycles. The number of nitrogens with one attached hydrogen (secondary N) is 1. The summed E-state index contributed by atoms with van der Waals surface area (Å²) in [5.74, 6) is 0.686. The summed E-state index contributed by atoms with van der Waals surface area (Å²) < 4.78 is 23.7. The molecular weight excluding hydrogens is 431 g/mol. The molecule has 0 radical (unpaired) electrons. The highest BCUT2D eigenvalue weighted by Crippen LogP contribution is 2.35. The van der Waals surface area contributed by atoms with Gasteiger partial charge in [-0.3, -0.25) is 9.69 Å². The van der Waals surface area contributed by atoms with Crippen LogP contribution in [-0.2, 0) is 17.9 Å². The Morgan fingerprint density at radius 2 is 1.94 bits per heavy atom. The summed E-state index contributed by atoms with van der Waals surface area (Å²) >= 11 is 1.35. The van der Waals surface area contributed by atoms with Crippen molar-refractivity contribution in [3.8, 4) is 5.88 Å². The largest absolute Gasteiger partial charge is 0.480 e. The summed E-state index contributed by atoms with van der Waals surface area (Å²) in [4.78, 5) is 25.7. The van der Waals surface area contributed by atoms with Gasteiger partial charge >= 0.3 is 0 Å². The van der Waals surface area contributed by atoms with Crippen molar-refractivity contribution in [3.63, 3.8) is 0 Å². The van der Waals surface area contributed by atoms with E-state index in [1.54, 1.807) is 14.2 Å². The first-order chi connectivity index (χ1) is 15.5. The zero-order valence-electron chi connectivity index (χ0n) is 18.5. The van der Waals surface area contributed by atoms with E-state index in [0.29, 0.717) is 16.6 Å². The minimum Gasteiger partial charge on any atom is -0.480 e. The lowest BCUT2D eigenvalue weighted by atomic mass is 10.0. The van der Waals surface area contributed by atoms with Crippen LogP contribution in [0, 0.1) is 12.7 Å². The van der Waals surface area contributed by atoms with Gasteiger partial charge in [0, 0.05) is 32.8 Å². The van der Waals surface area contributed by atoms with Crippen LogP contribution in [0.3, 0.4) is 0 Å². The average Bonchev–Trinajstić information content (AvgIpc) is 3.13.